The minimum Gasteiger partial charge on any atom is -0.287 e. The third-order valence-corrected chi connectivity index (χ3v) is 4.72. The van der Waals surface area contributed by atoms with Crippen molar-refractivity contribution < 1.29 is 0 Å². The minimum absolute atomic E-state index is 0.0141. The van der Waals surface area contributed by atoms with Crippen LogP contribution in [0.5, 0.6) is 0 Å². The van der Waals surface area contributed by atoms with Crippen LogP contribution in [0.1, 0.15) is 26.3 Å². The summed E-state index contributed by atoms with van der Waals surface area (Å²) in [5, 5.41) is 2.08. The highest BCUT2D eigenvalue weighted by Crippen LogP contribution is 2.32. The molecule has 1 aromatic heterocycles. The van der Waals surface area contributed by atoms with Gasteiger partial charge in [0.15, 0.2) is 0 Å². The molecule has 0 aliphatic heterocycles. The molecule has 0 spiro atoms. The van der Waals surface area contributed by atoms with Crippen molar-refractivity contribution in [3.63, 3.8) is 0 Å². The first-order chi connectivity index (χ1) is 11.9. The van der Waals surface area contributed by atoms with E-state index in [-0.39, 0.29) is 11.1 Å². The molecule has 0 unspecified atom stereocenters. The van der Waals surface area contributed by atoms with Gasteiger partial charge in [0.2, 0.25) is 0 Å². The second kappa shape index (κ2) is 6.96. The lowest BCUT2D eigenvalue weighted by Gasteiger charge is -2.23. The second-order valence-electron chi connectivity index (χ2n) is 7.17. The first kappa shape index (κ1) is 17.6. The van der Waals surface area contributed by atoms with Gasteiger partial charge >= 0.3 is 5.69 Å². The number of hydrogen-bond donors (Lipinski definition) is 0. The molecule has 3 aromatic rings. The lowest BCUT2D eigenvalue weighted by molar-refractivity contribution is 0.536. The van der Waals surface area contributed by atoms with Crippen LogP contribution in [0.4, 0.5) is 0 Å². The fourth-order valence-electron chi connectivity index (χ4n) is 3.04. The largest absolute Gasteiger partial charge is 0.333 e. The van der Waals surface area contributed by atoms with E-state index in [2.05, 4.69) is 38.3 Å². The van der Waals surface area contributed by atoms with E-state index < -0.39 is 0 Å². The molecule has 0 aliphatic rings. The predicted octanol–water partition coefficient (Wildman–Crippen LogP) is 5.06. The van der Waals surface area contributed by atoms with Crippen LogP contribution in [0.3, 0.4) is 0 Å². The highest BCUT2D eigenvalue weighted by molar-refractivity contribution is 8.01. The van der Waals surface area contributed by atoms with E-state index in [1.54, 1.807) is 11.8 Å². The van der Waals surface area contributed by atoms with Gasteiger partial charge in [-0.15, -0.1) is 11.8 Å². The third-order valence-electron chi connectivity index (χ3n) is 4.26. The van der Waals surface area contributed by atoms with Crippen LogP contribution in [0.25, 0.3) is 16.7 Å². The van der Waals surface area contributed by atoms with Crippen molar-refractivity contribution in [2.75, 3.05) is 6.26 Å². The summed E-state index contributed by atoms with van der Waals surface area (Å²) in [6, 6.07) is 18.2. The topological polar surface area (TPSA) is 26.9 Å². The first-order valence-electron chi connectivity index (χ1n) is 8.41. The summed E-state index contributed by atoms with van der Waals surface area (Å²) >= 11 is 1.63. The van der Waals surface area contributed by atoms with E-state index in [0.29, 0.717) is 6.54 Å². The number of benzene rings is 2. The van der Waals surface area contributed by atoms with E-state index in [1.807, 2.05) is 57.9 Å². The Hall–Kier alpha value is -2.20. The lowest BCUT2D eigenvalue weighted by atomic mass is 9.92. The molecule has 3 nitrogen and oxygen atoms in total. The second-order valence-corrected chi connectivity index (χ2v) is 7.87. The van der Waals surface area contributed by atoms with Gasteiger partial charge in [0.05, 0.1) is 17.6 Å². The Morgan fingerprint density at radius 3 is 2.20 bits per heavy atom. The summed E-state index contributed by atoms with van der Waals surface area (Å²) in [7, 11) is 0. The number of imidazole rings is 1. The zero-order valence-electron chi connectivity index (χ0n) is 15.2. The number of hydrogen-bond acceptors (Lipinski definition) is 2. The van der Waals surface area contributed by atoms with Crippen LogP contribution in [0, 0.1) is 5.41 Å². The molecule has 130 valence electrons. The van der Waals surface area contributed by atoms with Gasteiger partial charge < -0.3 is 0 Å². The maximum absolute atomic E-state index is 13.3. The van der Waals surface area contributed by atoms with Crippen molar-refractivity contribution in [2.24, 2.45) is 5.41 Å². The number of nitrogens with zero attached hydrogens (tertiary/aromatic N) is 2. The summed E-state index contributed by atoms with van der Waals surface area (Å²) in [5.74, 6) is 0. The van der Waals surface area contributed by atoms with Crippen molar-refractivity contribution >= 4 is 28.5 Å². The smallest absolute Gasteiger partial charge is 0.287 e. The van der Waals surface area contributed by atoms with Crippen molar-refractivity contribution in [2.45, 2.75) is 27.3 Å². The van der Waals surface area contributed by atoms with Crippen LogP contribution < -0.4 is 5.69 Å². The average Bonchev–Trinajstić information content (AvgIpc) is 2.85. The zero-order valence-corrected chi connectivity index (χ0v) is 16.0. The highest BCUT2D eigenvalue weighted by atomic mass is 32.2. The van der Waals surface area contributed by atoms with Crippen LogP contribution in [0.15, 0.2) is 64.8 Å². The number of thioether (sulfide) groups is 1. The van der Waals surface area contributed by atoms with Crippen LogP contribution in [-0.4, -0.2) is 15.4 Å². The van der Waals surface area contributed by atoms with E-state index in [4.69, 9.17) is 0 Å². The Morgan fingerprint density at radius 2 is 1.60 bits per heavy atom. The van der Waals surface area contributed by atoms with Crippen LogP contribution >= 0.6 is 11.8 Å². The predicted molar refractivity (Wildman–Crippen MR) is 109 cm³/mol. The summed E-state index contributed by atoms with van der Waals surface area (Å²) < 4.78 is 3.74. The normalized spacial score (nSPS) is 12.7. The molecule has 0 radical (unpaired) electrons. The Labute approximate surface area is 153 Å². The number of aromatic nitrogens is 2. The van der Waals surface area contributed by atoms with Gasteiger partial charge in [-0.3, -0.25) is 9.13 Å². The van der Waals surface area contributed by atoms with Gasteiger partial charge in [-0.2, -0.15) is 0 Å². The summed E-state index contributed by atoms with van der Waals surface area (Å²) in [6.45, 7) is 7.00. The number of allylic oxidation sites excluding steroid dienone is 1. The monoisotopic (exact) mass is 352 g/mol. The summed E-state index contributed by atoms with van der Waals surface area (Å²) in [6.07, 6.45) is 2.03. The summed E-state index contributed by atoms with van der Waals surface area (Å²) in [4.78, 5) is 13.3. The van der Waals surface area contributed by atoms with Crippen molar-refractivity contribution in [1.29, 1.82) is 0 Å². The van der Waals surface area contributed by atoms with Gasteiger partial charge in [-0.1, -0.05) is 63.2 Å². The van der Waals surface area contributed by atoms with Gasteiger partial charge in [0.25, 0.3) is 0 Å². The molecule has 2 aromatic carbocycles. The fraction of sp³-hybridized carbons (Fsp3) is 0.286. The number of rotatable bonds is 4. The molecule has 0 aliphatic carbocycles. The molecule has 0 amide bonds. The van der Waals surface area contributed by atoms with E-state index in [0.717, 1.165) is 22.3 Å². The number of para-hydroxylation sites is 2. The van der Waals surface area contributed by atoms with Crippen molar-refractivity contribution in [3.8, 4) is 0 Å². The highest BCUT2D eigenvalue weighted by Gasteiger charge is 2.24. The molecule has 0 fully saturated rings. The van der Waals surface area contributed by atoms with Gasteiger partial charge in [0.1, 0.15) is 0 Å². The molecule has 1 heterocycles. The lowest BCUT2D eigenvalue weighted by Crippen LogP contribution is -2.28. The Morgan fingerprint density at radius 1 is 1.00 bits per heavy atom. The van der Waals surface area contributed by atoms with Gasteiger partial charge in [-0.25, -0.2) is 4.79 Å². The maximum atomic E-state index is 13.3. The quantitative estimate of drug-likeness (QED) is 0.656. The van der Waals surface area contributed by atoms with Crippen molar-refractivity contribution in [1.82, 2.24) is 9.13 Å². The van der Waals surface area contributed by atoms with Gasteiger partial charge in [-0.05, 0) is 29.4 Å². The van der Waals surface area contributed by atoms with E-state index in [9.17, 15) is 4.79 Å². The SMILES string of the molecule is CS/C=C(/n1c(=O)n(Cc2ccccc2)c2ccccc21)C(C)(C)C. The van der Waals surface area contributed by atoms with Crippen LogP contribution in [-0.2, 0) is 6.54 Å². The Bertz CT molecular complexity index is 959. The van der Waals surface area contributed by atoms with E-state index >= 15 is 0 Å². The maximum Gasteiger partial charge on any atom is 0.333 e. The molecule has 0 atom stereocenters. The molecule has 0 bridgehead atoms. The molecule has 0 N–H and O–H groups in total. The molecule has 4 heteroatoms. The Kier molecular flexibility index (Phi) is 4.91. The third kappa shape index (κ3) is 3.45. The molecule has 0 saturated heterocycles. The standard InChI is InChI=1S/C21H24N2OS/c1-21(2,3)19(15-25-4)23-18-13-9-8-12-17(18)22(20(23)24)14-16-10-6-5-7-11-16/h5-13,15H,14H2,1-4H3/b19-15+. The minimum atomic E-state index is -0.130. The van der Waals surface area contributed by atoms with E-state index in [1.165, 1.54) is 0 Å². The number of fused-ring (bicyclic) bond motifs is 1. The van der Waals surface area contributed by atoms with Crippen molar-refractivity contribution in [3.05, 3.63) is 76.1 Å². The molecular formula is C21H24N2OS. The first-order valence-corrected chi connectivity index (χ1v) is 9.70. The molecule has 0 saturated carbocycles. The van der Waals surface area contributed by atoms with Gasteiger partial charge in [0, 0.05) is 11.1 Å². The summed E-state index contributed by atoms with van der Waals surface area (Å²) in [5.41, 5.74) is 3.95. The Balaban J connectivity index is 2.26. The zero-order chi connectivity index (χ0) is 18.0. The fourth-order valence-corrected chi connectivity index (χ4v) is 3.72. The average molecular weight is 353 g/mol. The van der Waals surface area contributed by atoms with Crippen LogP contribution in [0.2, 0.25) is 0 Å². The molecule has 3 rings (SSSR count). The molecular weight excluding hydrogens is 328 g/mol. The molecule has 25 heavy (non-hydrogen) atoms.